The van der Waals surface area contributed by atoms with Crippen LogP contribution in [0.15, 0.2) is 29.6 Å². The smallest absolute Gasteiger partial charge is 0.355 e. The van der Waals surface area contributed by atoms with E-state index in [0.29, 0.717) is 23.1 Å². The van der Waals surface area contributed by atoms with Crippen LogP contribution in [-0.2, 0) is 6.54 Å². The Kier molecular flexibility index (Phi) is 5.70. The summed E-state index contributed by atoms with van der Waals surface area (Å²) < 4.78 is 5.56. The van der Waals surface area contributed by atoms with Crippen LogP contribution in [-0.4, -0.2) is 28.6 Å². The minimum atomic E-state index is -1.07. The fourth-order valence-corrected chi connectivity index (χ4v) is 2.42. The van der Waals surface area contributed by atoms with Gasteiger partial charge in [-0.25, -0.2) is 9.78 Å². The van der Waals surface area contributed by atoms with Crippen LogP contribution in [0.25, 0.3) is 0 Å². The number of ether oxygens (including phenoxy) is 1. The number of aromatic carboxylic acids is 1. The van der Waals surface area contributed by atoms with Crippen LogP contribution in [0, 0.1) is 5.92 Å². The lowest BCUT2D eigenvalue weighted by Gasteiger charge is -2.09. The number of thiazole rings is 1. The summed E-state index contributed by atoms with van der Waals surface area (Å²) in [6.45, 7) is 4.95. The molecule has 2 rings (SSSR count). The lowest BCUT2D eigenvalue weighted by molar-refractivity contribution is 0.0691. The number of nitrogens with one attached hydrogen (secondary N) is 1. The molecule has 122 valence electrons. The third kappa shape index (κ3) is 5.07. The molecule has 0 unspecified atom stereocenters. The predicted molar refractivity (Wildman–Crippen MR) is 87.0 cm³/mol. The highest BCUT2D eigenvalue weighted by atomic mass is 32.1. The van der Waals surface area contributed by atoms with Crippen molar-refractivity contribution in [2.75, 3.05) is 6.61 Å². The van der Waals surface area contributed by atoms with Crippen molar-refractivity contribution in [3.63, 3.8) is 0 Å². The Bertz CT molecular complexity index is 680. The van der Waals surface area contributed by atoms with Crippen molar-refractivity contribution in [3.8, 4) is 5.75 Å². The summed E-state index contributed by atoms with van der Waals surface area (Å²) in [5, 5.41) is 13.5. The molecule has 1 amide bonds. The Morgan fingerprint density at radius 2 is 2.00 bits per heavy atom. The van der Waals surface area contributed by atoms with Gasteiger partial charge < -0.3 is 15.2 Å². The van der Waals surface area contributed by atoms with E-state index in [9.17, 15) is 9.59 Å². The largest absolute Gasteiger partial charge is 0.493 e. The highest BCUT2D eigenvalue weighted by molar-refractivity contribution is 7.09. The second-order valence-electron chi connectivity index (χ2n) is 5.34. The maximum atomic E-state index is 12.0. The average Bonchev–Trinajstić information content (AvgIpc) is 3.00. The predicted octanol–water partition coefficient (Wildman–Crippen LogP) is 2.81. The van der Waals surface area contributed by atoms with Gasteiger partial charge in [-0.15, -0.1) is 11.3 Å². The molecule has 2 aromatic rings. The summed E-state index contributed by atoms with van der Waals surface area (Å²) >= 11 is 1.20. The van der Waals surface area contributed by atoms with Crippen LogP contribution in [0.1, 0.15) is 39.7 Å². The van der Waals surface area contributed by atoms with E-state index in [1.54, 1.807) is 24.3 Å². The highest BCUT2D eigenvalue weighted by Gasteiger charge is 2.10. The molecule has 7 heteroatoms. The van der Waals surface area contributed by atoms with Crippen molar-refractivity contribution >= 4 is 23.2 Å². The number of aromatic nitrogens is 1. The monoisotopic (exact) mass is 334 g/mol. The molecule has 0 aliphatic carbocycles. The van der Waals surface area contributed by atoms with Gasteiger partial charge in [0.15, 0.2) is 5.69 Å². The first-order valence-electron chi connectivity index (χ1n) is 7.14. The molecular weight excluding hydrogens is 316 g/mol. The van der Waals surface area contributed by atoms with Gasteiger partial charge in [0.25, 0.3) is 5.91 Å². The van der Waals surface area contributed by atoms with Gasteiger partial charge in [-0.1, -0.05) is 13.8 Å². The molecule has 6 nitrogen and oxygen atoms in total. The van der Waals surface area contributed by atoms with Crippen LogP contribution in [0.3, 0.4) is 0 Å². The minimum Gasteiger partial charge on any atom is -0.493 e. The Morgan fingerprint density at radius 1 is 1.30 bits per heavy atom. The van der Waals surface area contributed by atoms with Crippen molar-refractivity contribution in [2.45, 2.75) is 20.4 Å². The maximum absolute atomic E-state index is 12.0. The topological polar surface area (TPSA) is 88.5 Å². The normalized spacial score (nSPS) is 10.6. The number of nitrogens with zero attached hydrogens (tertiary/aromatic N) is 1. The van der Waals surface area contributed by atoms with E-state index >= 15 is 0 Å². The summed E-state index contributed by atoms with van der Waals surface area (Å²) in [5.41, 5.74) is 0.503. The zero-order valence-electron chi connectivity index (χ0n) is 12.9. The van der Waals surface area contributed by atoms with E-state index in [1.807, 2.05) is 0 Å². The maximum Gasteiger partial charge on any atom is 0.355 e. The van der Waals surface area contributed by atoms with E-state index < -0.39 is 5.97 Å². The molecule has 0 aliphatic heterocycles. The summed E-state index contributed by atoms with van der Waals surface area (Å²) in [5.74, 6) is -0.156. The van der Waals surface area contributed by atoms with Crippen LogP contribution >= 0.6 is 11.3 Å². The molecule has 0 saturated carbocycles. The second kappa shape index (κ2) is 7.73. The molecule has 0 aliphatic rings. The van der Waals surface area contributed by atoms with Gasteiger partial charge in [0.1, 0.15) is 10.8 Å². The summed E-state index contributed by atoms with van der Waals surface area (Å²) in [6.07, 6.45) is 0. The number of rotatable bonds is 7. The number of carbonyl (C=O) groups is 2. The van der Waals surface area contributed by atoms with Gasteiger partial charge in [0.2, 0.25) is 0 Å². The van der Waals surface area contributed by atoms with Crippen molar-refractivity contribution in [3.05, 3.63) is 45.9 Å². The van der Waals surface area contributed by atoms with Gasteiger partial charge >= 0.3 is 5.97 Å². The van der Waals surface area contributed by atoms with Gasteiger partial charge in [0.05, 0.1) is 13.2 Å². The van der Waals surface area contributed by atoms with Crippen molar-refractivity contribution < 1.29 is 19.4 Å². The molecule has 0 spiro atoms. The fraction of sp³-hybridized carbons (Fsp3) is 0.312. The summed E-state index contributed by atoms with van der Waals surface area (Å²) in [6, 6.07) is 6.89. The number of hydrogen-bond donors (Lipinski definition) is 2. The molecule has 2 N–H and O–H groups in total. The number of carboxylic acid groups (broad SMARTS) is 1. The minimum absolute atomic E-state index is 0.00842. The molecule has 0 bridgehead atoms. The number of carboxylic acids is 1. The number of carbonyl (C=O) groups excluding carboxylic acids is 1. The zero-order chi connectivity index (χ0) is 16.8. The Morgan fingerprint density at radius 3 is 2.57 bits per heavy atom. The summed E-state index contributed by atoms with van der Waals surface area (Å²) in [4.78, 5) is 26.7. The van der Waals surface area contributed by atoms with Crippen LogP contribution < -0.4 is 10.1 Å². The van der Waals surface area contributed by atoms with E-state index in [2.05, 4.69) is 24.1 Å². The molecule has 1 heterocycles. The molecule has 0 saturated heterocycles. The Balaban J connectivity index is 1.88. The summed E-state index contributed by atoms with van der Waals surface area (Å²) in [7, 11) is 0. The zero-order valence-corrected chi connectivity index (χ0v) is 13.7. The Hall–Kier alpha value is -2.41. The van der Waals surface area contributed by atoms with Gasteiger partial charge in [-0.3, -0.25) is 4.79 Å². The van der Waals surface area contributed by atoms with E-state index in [0.717, 1.165) is 5.75 Å². The van der Waals surface area contributed by atoms with Crippen molar-refractivity contribution in [2.24, 2.45) is 5.92 Å². The molecule has 1 aromatic carbocycles. The third-order valence-electron chi connectivity index (χ3n) is 2.87. The quantitative estimate of drug-likeness (QED) is 0.813. The van der Waals surface area contributed by atoms with E-state index in [1.165, 1.54) is 16.7 Å². The second-order valence-corrected chi connectivity index (χ2v) is 6.29. The first-order chi connectivity index (χ1) is 11.0. The first-order valence-corrected chi connectivity index (χ1v) is 8.02. The van der Waals surface area contributed by atoms with E-state index in [-0.39, 0.29) is 18.1 Å². The third-order valence-corrected chi connectivity index (χ3v) is 3.72. The molecule has 1 aromatic heterocycles. The fourth-order valence-electron chi connectivity index (χ4n) is 1.71. The first kappa shape index (κ1) is 17.0. The van der Waals surface area contributed by atoms with Crippen LogP contribution in [0.2, 0.25) is 0 Å². The Labute approximate surface area is 138 Å². The van der Waals surface area contributed by atoms with Gasteiger partial charge in [-0.05, 0) is 30.2 Å². The molecule has 0 atom stereocenters. The average molecular weight is 334 g/mol. The SMILES string of the molecule is CC(C)COc1ccc(C(=O)NCc2nc(C(=O)O)cs2)cc1. The van der Waals surface area contributed by atoms with E-state index in [4.69, 9.17) is 9.84 Å². The van der Waals surface area contributed by atoms with Crippen LogP contribution in [0.4, 0.5) is 0 Å². The molecule has 0 fully saturated rings. The highest BCUT2D eigenvalue weighted by Crippen LogP contribution is 2.14. The van der Waals surface area contributed by atoms with Crippen molar-refractivity contribution in [1.82, 2.24) is 10.3 Å². The number of amides is 1. The lowest BCUT2D eigenvalue weighted by Crippen LogP contribution is -2.22. The molecule has 0 radical (unpaired) electrons. The molecule has 23 heavy (non-hydrogen) atoms. The lowest BCUT2D eigenvalue weighted by atomic mass is 10.2. The van der Waals surface area contributed by atoms with Gasteiger partial charge in [0, 0.05) is 10.9 Å². The standard InChI is InChI=1S/C16H18N2O4S/c1-10(2)8-22-12-5-3-11(4-6-12)15(19)17-7-14-18-13(9-23-14)16(20)21/h3-6,9-10H,7-8H2,1-2H3,(H,17,19)(H,20,21). The van der Waals surface area contributed by atoms with Crippen molar-refractivity contribution in [1.29, 1.82) is 0 Å². The van der Waals surface area contributed by atoms with Crippen LogP contribution in [0.5, 0.6) is 5.75 Å². The molecular formula is C16H18N2O4S. The number of benzene rings is 1. The number of hydrogen-bond acceptors (Lipinski definition) is 5. The van der Waals surface area contributed by atoms with Gasteiger partial charge in [-0.2, -0.15) is 0 Å².